The smallest absolute Gasteiger partial charge is 0.134 e. The lowest BCUT2D eigenvalue weighted by atomic mass is 10.1. The molecule has 0 saturated heterocycles. The van der Waals surface area contributed by atoms with Gasteiger partial charge in [0.15, 0.2) is 0 Å². The van der Waals surface area contributed by atoms with Crippen molar-refractivity contribution in [1.29, 1.82) is 0 Å². The van der Waals surface area contributed by atoms with Crippen LogP contribution in [0.5, 0.6) is 0 Å². The Morgan fingerprint density at radius 1 is 1.18 bits per heavy atom. The average molecular weight is 231 g/mol. The summed E-state index contributed by atoms with van der Waals surface area (Å²) in [7, 11) is 0. The van der Waals surface area contributed by atoms with Crippen LogP contribution < -0.4 is 5.32 Å². The van der Waals surface area contributed by atoms with Gasteiger partial charge in [0, 0.05) is 5.39 Å². The SMILES string of the molecule is CC(C)CCNC(C)c1cc2ccccc2o1. The summed E-state index contributed by atoms with van der Waals surface area (Å²) in [6.45, 7) is 7.68. The minimum atomic E-state index is 0.279. The number of nitrogens with one attached hydrogen (secondary N) is 1. The van der Waals surface area contributed by atoms with Crippen molar-refractivity contribution in [2.45, 2.75) is 33.2 Å². The molecular weight excluding hydrogens is 210 g/mol. The Balaban J connectivity index is 2.01. The Bertz CT molecular complexity index is 439. The molecule has 1 N–H and O–H groups in total. The number of hydrogen-bond donors (Lipinski definition) is 1. The van der Waals surface area contributed by atoms with Crippen molar-refractivity contribution in [3.63, 3.8) is 0 Å². The number of benzene rings is 1. The largest absolute Gasteiger partial charge is 0.459 e. The Morgan fingerprint density at radius 3 is 2.65 bits per heavy atom. The lowest BCUT2D eigenvalue weighted by Crippen LogP contribution is -2.20. The minimum absolute atomic E-state index is 0.279. The Kier molecular flexibility index (Phi) is 3.85. The Labute approximate surface area is 103 Å². The van der Waals surface area contributed by atoms with Gasteiger partial charge >= 0.3 is 0 Å². The summed E-state index contributed by atoms with van der Waals surface area (Å²) in [5, 5.41) is 4.68. The maximum atomic E-state index is 5.82. The summed E-state index contributed by atoms with van der Waals surface area (Å²) in [5.74, 6) is 1.76. The van der Waals surface area contributed by atoms with E-state index < -0.39 is 0 Å². The highest BCUT2D eigenvalue weighted by Gasteiger charge is 2.10. The summed E-state index contributed by atoms with van der Waals surface area (Å²) >= 11 is 0. The van der Waals surface area contributed by atoms with Crippen LogP contribution in [-0.4, -0.2) is 6.54 Å². The van der Waals surface area contributed by atoms with Crippen molar-refractivity contribution in [2.75, 3.05) is 6.54 Å². The fraction of sp³-hybridized carbons (Fsp3) is 0.467. The molecule has 2 rings (SSSR count). The van der Waals surface area contributed by atoms with Crippen LogP contribution in [0, 0.1) is 5.92 Å². The van der Waals surface area contributed by atoms with E-state index in [1.165, 1.54) is 11.8 Å². The molecular formula is C15H21NO. The van der Waals surface area contributed by atoms with E-state index in [4.69, 9.17) is 4.42 Å². The molecule has 1 unspecified atom stereocenters. The van der Waals surface area contributed by atoms with Crippen molar-refractivity contribution in [3.05, 3.63) is 36.1 Å². The van der Waals surface area contributed by atoms with E-state index in [0.717, 1.165) is 23.8 Å². The lowest BCUT2D eigenvalue weighted by molar-refractivity contribution is 0.432. The van der Waals surface area contributed by atoms with Crippen LogP contribution in [0.25, 0.3) is 11.0 Å². The maximum absolute atomic E-state index is 5.82. The topological polar surface area (TPSA) is 25.2 Å². The number of para-hydroxylation sites is 1. The van der Waals surface area contributed by atoms with Gasteiger partial charge in [-0.25, -0.2) is 0 Å². The fourth-order valence-electron chi connectivity index (χ4n) is 1.90. The predicted octanol–water partition coefficient (Wildman–Crippen LogP) is 4.13. The zero-order valence-electron chi connectivity index (χ0n) is 10.9. The van der Waals surface area contributed by atoms with Crippen LogP contribution in [0.15, 0.2) is 34.7 Å². The molecule has 0 spiro atoms. The van der Waals surface area contributed by atoms with Gasteiger partial charge in [-0.3, -0.25) is 0 Å². The van der Waals surface area contributed by atoms with Crippen LogP contribution in [0.1, 0.15) is 39.0 Å². The Hall–Kier alpha value is -1.28. The van der Waals surface area contributed by atoms with Gasteiger partial charge < -0.3 is 9.73 Å². The van der Waals surface area contributed by atoms with E-state index in [1.54, 1.807) is 0 Å². The standard InChI is InChI=1S/C15H21NO/c1-11(2)8-9-16-12(3)15-10-13-6-4-5-7-14(13)17-15/h4-7,10-12,16H,8-9H2,1-3H3. The second kappa shape index (κ2) is 5.37. The minimum Gasteiger partial charge on any atom is -0.459 e. The van der Waals surface area contributed by atoms with Gasteiger partial charge in [-0.05, 0) is 37.9 Å². The first kappa shape index (κ1) is 12.2. The van der Waals surface area contributed by atoms with Crippen molar-refractivity contribution in [1.82, 2.24) is 5.32 Å². The normalized spacial score (nSPS) is 13.4. The molecule has 0 saturated carbocycles. The van der Waals surface area contributed by atoms with E-state index in [0.29, 0.717) is 0 Å². The van der Waals surface area contributed by atoms with Gasteiger partial charge in [0.25, 0.3) is 0 Å². The third-order valence-corrected chi connectivity index (χ3v) is 3.04. The number of hydrogen-bond acceptors (Lipinski definition) is 2. The quantitative estimate of drug-likeness (QED) is 0.837. The van der Waals surface area contributed by atoms with Crippen LogP contribution in [0.3, 0.4) is 0 Å². The number of rotatable bonds is 5. The fourth-order valence-corrected chi connectivity index (χ4v) is 1.90. The van der Waals surface area contributed by atoms with E-state index in [9.17, 15) is 0 Å². The highest BCUT2D eigenvalue weighted by atomic mass is 16.3. The molecule has 1 atom stereocenters. The lowest BCUT2D eigenvalue weighted by Gasteiger charge is -2.12. The monoisotopic (exact) mass is 231 g/mol. The zero-order valence-corrected chi connectivity index (χ0v) is 10.9. The second-order valence-electron chi connectivity index (χ2n) is 5.04. The van der Waals surface area contributed by atoms with Gasteiger partial charge in [-0.1, -0.05) is 32.0 Å². The third kappa shape index (κ3) is 3.10. The molecule has 0 aliphatic rings. The molecule has 1 aromatic carbocycles. The van der Waals surface area contributed by atoms with Crippen molar-refractivity contribution in [2.24, 2.45) is 5.92 Å². The van der Waals surface area contributed by atoms with Crippen LogP contribution >= 0.6 is 0 Å². The molecule has 17 heavy (non-hydrogen) atoms. The van der Waals surface area contributed by atoms with Gasteiger partial charge in [-0.15, -0.1) is 0 Å². The summed E-state index contributed by atoms with van der Waals surface area (Å²) in [4.78, 5) is 0. The first-order valence-corrected chi connectivity index (χ1v) is 6.38. The maximum Gasteiger partial charge on any atom is 0.134 e. The van der Waals surface area contributed by atoms with E-state index >= 15 is 0 Å². The second-order valence-corrected chi connectivity index (χ2v) is 5.04. The molecule has 0 radical (unpaired) electrons. The number of fused-ring (bicyclic) bond motifs is 1. The Morgan fingerprint density at radius 2 is 1.94 bits per heavy atom. The molecule has 2 nitrogen and oxygen atoms in total. The number of furan rings is 1. The molecule has 0 bridgehead atoms. The van der Waals surface area contributed by atoms with Crippen molar-refractivity contribution in [3.8, 4) is 0 Å². The molecule has 1 aromatic heterocycles. The van der Waals surface area contributed by atoms with Crippen molar-refractivity contribution < 1.29 is 4.42 Å². The molecule has 1 heterocycles. The van der Waals surface area contributed by atoms with Crippen LogP contribution in [0.2, 0.25) is 0 Å². The summed E-state index contributed by atoms with van der Waals surface area (Å²) in [5.41, 5.74) is 0.972. The molecule has 0 aliphatic carbocycles. The molecule has 0 amide bonds. The molecule has 2 aromatic rings. The van der Waals surface area contributed by atoms with E-state index in [2.05, 4.69) is 38.2 Å². The molecule has 92 valence electrons. The van der Waals surface area contributed by atoms with Gasteiger partial charge in [0.05, 0.1) is 6.04 Å². The van der Waals surface area contributed by atoms with Crippen LogP contribution in [-0.2, 0) is 0 Å². The molecule has 2 heteroatoms. The van der Waals surface area contributed by atoms with Gasteiger partial charge in [0.2, 0.25) is 0 Å². The molecule has 0 aliphatic heterocycles. The molecule has 0 fully saturated rings. The summed E-state index contributed by atoms with van der Waals surface area (Å²) in [6.07, 6.45) is 1.20. The van der Waals surface area contributed by atoms with Crippen LogP contribution in [0.4, 0.5) is 0 Å². The third-order valence-electron chi connectivity index (χ3n) is 3.04. The highest BCUT2D eigenvalue weighted by Crippen LogP contribution is 2.23. The average Bonchev–Trinajstić information content (AvgIpc) is 2.71. The predicted molar refractivity (Wildman–Crippen MR) is 72.1 cm³/mol. The van der Waals surface area contributed by atoms with Gasteiger partial charge in [-0.2, -0.15) is 0 Å². The highest BCUT2D eigenvalue weighted by molar-refractivity contribution is 5.77. The summed E-state index contributed by atoms with van der Waals surface area (Å²) in [6, 6.07) is 10.6. The van der Waals surface area contributed by atoms with E-state index in [-0.39, 0.29) is 6.04 Å². The summed E-state index contributed by atoms with van der Waals surface area (Å²) < 4.78 is 5.82. The van der Waals surface area contributed by atoms with Gasteiger partial charge in [0.1, 0.15) is 11.3 Å². The first-order valence-electron chi connectivity index (χ1n) is 6.38. The zero-order chi connectivity index (χ0) is 12.3. The van der Waals surface area contributed by atoms with E-state index in [1.807, 2.05) is 18.2 Å². The van der Waals surface area contributed by atoms with Crippen molar-refractivity contribution >= 4 is 11.0 Å². The first-order chi connectivity index (χ1) is 8.16.